The highest BCUT2D eigenvalue weighted by Gasteiger charge is 2.11. The molecule has 87 valence electrons. The van der Waals surface area contributed by atoms with E-state index in [0.29, 0.717) is 24.7 Å². The normalized spacial score (nSPS) is 10.8. The van der Waals surface area contributed by atoms with Crippen molar-refractivity contribution in [1.29, 1.82) is 0 Å². The maximum Gasteiger partial charge on any atom is 0.248 e. The molecule has 3 nitrogen and oxygen atoms in total. The van der Waals surface area contributed by atoms with Crippen LogP contribution in [0, 0.1) is 11.8 Å². The molecule has 0 aliphatic carbocycles. The Hall–Kier alpha value is -0.860. The number of hydrogen-bond acceptors (Lipinski definition) is 2. The van der Waals surface area contributed by atoms with Crippen LogP contribution in [0.25, 0.3) is 0 Å². The summed E-state index contributed by atoms with van der Waals surface area (Å²) in [4.78, 5) is 22.4. The van der Waals surface area contributed by atoms with E-state index in [1.807, 2.05) is 27.7 Å². The summed E-state index contributed by atoms with van der Waals surface area (Å²) in [6.07, 6.45) is 2.40. The van der Waals surface area contributed by atoms with E-state index in [1.54, 1.807) is 0 Å². The molecule has 0 spiro atoms. The molecule has 0 aromatic heterocycles. The lowest BCUT2D eigenvalue weighted by atomic mass is 10.1. The zero-order chi connectivity index (χ0) is 11.8. The molecular formula is C12H22NO2. The van der Waals surface area contributed by atoms with Gasteiger partial charge in [0.1, 0.15) is 0 Å². The molecular weight excluding hydrogens is 190 g/mol. The van der Waals surface area contributed by atoms with Crippen molar-refractivity contribution < 1.29 is 9.59 Å². The lowest BCUT2D eigenvalue weighted by Gasteiger charge is -2.04. The summed E-state index contributed by atoms with van der Waals surface area (Å²) in [5.74, 6) is 0.430. The van der Waals surface area contributed by atoms with Crippen molar-refractivity contribution in [3.63, 3.8) is 0 Å². The molecule has 0 bridgehead atoms. The van der Waals surface area contributed by atoms with E-state index in [1.165, 1.54) is 0 Å². The third kappa shape index (κ3) is 9.44. The Morgan fingerprint density at radius 3 is 1.47 bits per heavy atom. The summed E-state index contributed by atoms with van der Waals surface area (Å²) in [5.41, 5.74) is 0. The Morgan fingerprint density at radius 2 is 1.20 bits per heavy atom. The fraction of sp³-hybridized carbons (Fsp3) is 0.833. The first-order valence-electron chi connectivity index (χ1n) is 5.69. The van der Waals surface area contributed by atoms with E-state index in [-0.39, 0.29) is 11.8 Å². The van der Waals surface area contributed by atoms with Crippen LogP contribution in [-0.4, -0.2) is 11.8 Å². The molecule has 0 N–H and O–H groups in total. The highest BCUT2D eigenvalue weighted by molar-refractivity contribution is 5.94. The van der Waals surface area contributed by atoms with Gasteiger partial charge in [0, 0.05) is 12.8 Å². The van der Waals surface area contributed by atoms with Crippen molar-refractivity contribution in [2.45, 2.75) is 53.4 Å². The van der Waals surface area contributed by atoms with Crippen molar-refractivity contribution in [3.8, 4) is 0 Å². The molecule has 0 aliphatic heterocycles. The van der Waals surface area contributed by atoms with Crippen molar-refractivity contribution in [1.82, 2.24) is 5.32 Å². The number of rotatable bonds is 6. The predicted octanol–water partition coefficient (Wildman–Crippen LogP) is 2.52. The molecule has 0 aliphatic rings. The first-order chi connectivity index (χ1) is 6.91. The minimum atomic E-state index is -0.266. The summed E-state index contributed by atoms with van der Waals surface area (Å²) in [6.45, 7) is 8.20. The van der Waals surface area contributed by atoms with Crippen LogP contribution in [-0.2, 0) is 9.59 Å². The molecule has 1 radical (unpaired) electrons. The number of carbonyl (C=O) groups is 2. The van der Waals surface area contributed by atoms with Crippen molar-refractivity contribution in [3.05, 3.63) is 0 Å². The topological polar surface area (TPSA) is 48.2 Å². The van der Waals surface area contributed by atoms with Gasteiger partial charge in [-0.3, -0.25) is 9.59 Å². The minimum Gasteiger partial charge on any atom is -0.273 e. The summed E-state index contributed by atoms with van der Waals surface area (Å²) in [5, 5.41) is 3.54. The van der Waals surface area contributed by atoms with Crippen LogP contribution in [0.15, 0.2) is 0 Å². The van der Waals surface area contributed by atoms with Gasteiger partial charge in [-0.1, -0.05) is 27.7 Å². The van der Waals surface area contributed by atoms with Crippen LogP contribution in [0.3, 0.4) is 0 Å². The predicted molar refractivity (Wildman–Crippen MR) is 60.3 cm³/mol. The van der Waals surface area contributed by atoms with Crippen LogP contribution < -0.4 is 5.32 Å². The first kappa shape index (κ1) is 14.1. The van der Waals surface area contributed by atoms with E-state index in [2.05, 4.69) is 5.32 Å². The number of imide groups is 1. The van der Waals surface area contributed by atoms with Gasteiger partial charge < -0.3 is 0 Å². The fourth-order valence-corrected chi connectivity index (χ4v) is 1.08. The average molecular weight is 212 g/mol. The van der Waals surface area contributed by atoms with Gasteiger partial charge in [-0.25, -0.2) is 0 Å². The van der Waals surface area contributed by atoms with Gasteiger partial charge in [0.05, 0.1) is 0 Å². The fourth-order valence-electron chi connectivity index (χ4n) is 1.08. The standard InChI is InChI=1S/C12H22NO2/c1-9(2)5-7-11(14)13-12(15)8-6-10(3)4/h9-10H,5-8H2,1-4H3. The third-order valence-corrected chi connectivity index (χ3v) is 2.12. The molecule has 0 aromatic carbocycles. The quantitative estimate of drug-likeness (QED) is 0.679. The number of hydrogen-bond donors (Lipinski definition) is 0. The van der Waals surface area contributed by atoms with Crippen LogP contribution in [0.2, 0.25) is 0 Å². The second kappa shape index (κ2) is 7.43. The van der Waals surface area contributed by atoms with E-state index in [4.69, 9.17) is 0 Å². The summed E-state index contributed by atoms with van der Waals surface area (Å²) >= 11 is 0. The van der Waals surface area contributed by atoms with Gasteiger partial charge in [-0.05, 0) is 24.7 Å². The highest BCUT2D eigenvalue weighted by Crippen LogP contribution is 2.05. The van der Waals surface area contributed by atoms with E-state index in [9.17, 15) is 9.59 Å². The van der Waals surface area contributed by atoms with Gasteiger partial charge in [0.2, 0.25) is 11.8 Å². The Bertz CT molecular complexity index is 188. The van der Waals surface area contributed by atoms with Gasteiger partial charge in [0.15, 0.2) is 0 Å². The highest BCUT2D eigenvalue weighted by atomic mass is 16.2. The van der Waals surface area contributed by atoms with E-state index < -0.39 is 0 Å². The first-order valence-corrected chi connectivity index (χ1v) is 5.69. The number of amides is 2. The zero-order valence-corrected chi connectivity index (χ0v) is 10.2. The summed E-state index contributed by atoms with van der Waals surface area (Å²) < 4.78 is 0. The number of nitrogens with zero attached hydrogens (tertiary/aromatic N) is 1. The van der Waals surface area contributed by atoms with Gasteiger partial charge in [-0.2, -0.15) is 5.32 Å². The molecule has 0 saturated carbocycles. The summed E-state index contributed by atoms with van der Waals surface area (Å²) in [6, 6.07) is 0. The smallest absolute Gasteiger partial charge is 0.248 e. The second-order valence-electron chi connectivity index (χ2n) is 4.76. The molecule has 3 heteroatoms. The Balaban J connectivity index is 3.63. The van der Waals surface area contributed by atoms with E-state index in [0.717, 1.165) is 12.8 Å². The Kier molecular flexibility index (Phi) is 7.01. The maximum atomic E-state index is 11.2. The second-order valence-corrected chi connectivity index (χ2v) is 4.76. The van der Waals surface area contributed by atoms with Gasteiger partial charge >= 0.3 is 0 Å². The molecule has 0 aromatic rings. The van der Waals surface area contributed by atoms with Crippen LogP contribution in [0.4, 0.5) is 0 Å². The largest absolute Gasteiger partial charge is 0.273 e. The van der Waals surface area contributed by atoms with Crippen molar-refractivity contribution in [2.24, 2.45) is 11.8 Å². The molecule has 0 saturated heterocycles. The lowest BCUT2D eigenvalue weighted by molar-refractivity contribution is -0.131. The molecule has 0 heterocycles. The van der Waals surface area contributed by atoms with Crippen LogP contribution >= 0.6 is 0 Å². The maximum absolute atomic E-state index is 11.2. The van der Waals surface area contributed by atoms with Crippen molar-refractivity contribution in [2.75, 3.05) is 0 Å². The van der Waals surface area contributed by atoms with Gasteiger partial charge in [0.25, 0.3) is 0 Å². The molecule has 15 heavy (non-hydrogen) atoms. The van der Waals surface area contributed by atoms with Crippen LogP contribution in [0.5, 0.6) is 0 Å². The van der Waals surface area contributed by atoms with E-state index >= 15 is 0 Å². The SMILES string of the molecule is CC(C)CCC(=O)[N]C(=O)CCC(C)C. The summed E-state index contributed by atoms with van der Waals surface area (Å²) in [7, 11) is 0. The van der Waals surface area contributed by atoms with Crippen molar-refractivity contribution >= 4 is 11.8 Å². The molecule has 2 amide bonds. The zero-order valence-electron chi connectivity index (χ0n) is 10.2. The lowest BCUT2D eigenvalue weighted by Crippen LogP contribution is -2.23. The monoisotopic (exact) mass is 212 g/mol. The minimum absolute atomic E-state index is 0.266. The number of carbonyl (C=O) groups excluding carboxylic acids is 2. The van der Waals surface area contributed by atoms with Crippen LogP contribution in [0.1, 0.15) is 53.4 Å². The molecule has 0 rings (SSSR count). The van der Waals surface area contributed by atoms with Gasteiger partial charge in [-0.15, -0.1) is 0 Å². The molecule has 0 unspecified atom stereocenters. The Labute approximate surface area is 92.6 Å². The molecule has 0 atom stereocenters. The molecule has 0 fully saturated rings. The third-order valence-electron chi connectivity index (χ3n) is 2.12. The average Bonchev–Trinajstić information content (AvgIpc) is 2.11. The Morgan fingerprint density at radius 1 is 0.867 bits per heavy atom.